The number of hydrazone groups is 1. The molecule has 0 spiro atoms. The molecule has 0 unspecified atom stereocenters. The average Bonchev–Trinajstić information content (AvgIpc) is 3.29. The van der Waals surface area contributed by atoms with Gasteiger partial charge in [-0.15, -0.1) is 0 Å². The number of nitrogens with one attached hydrogen (secondary N) is 1. The summed E-state index contributed by atoms with van der Waals surface area (Å²) in [5.74, 6) is -0.689. The van der Waals surface area contributed by atoms with E-state index in [9.17, 15) is 19.7 Å². The van der Waals surface area contributed by atoms with E-state index >= 15 is 0 Å². The quantitative estimate of drug-likeness (QED) is 0.168. The molecule has 2 aromatic carbocycles. The van der Waals surface area contributed by atoms with Gasteiger partial charge in [0.2, 0.25) is 5.76 Å². The van der Waals surface area contributed by atoms with Crippen LogP contribution in [0, 0.1) is 10.1 Å². The largest absolute Gasteiger partial charge is 0.483 e. The van der Waals surface area contributed by atoms with Crippen molar-refractivity contribution >= 4 is 39.7 Å². The van der Waals surface area contributed by atoms with Gasteiger partial charge in [0.25, 0.3) is 11.6 Å². The molecule has 0 saturated heterocycles. The summed E-state index contributed by atoms with van der Waals surface area (Å²) in [5, 5.41) is 14.6. The number of nitrogens with zero attached hydrogens (tertiary/aromatic N) is 2. The Bertz CT molecular complexity index is 1130. The van der Waals surface area contributed by atoms with Crippen LogP contribution in [0.25, 0.3) is 0 Å². The number of rotatable bonds is 8. The van der Waals surface area contributed by atoms with Gasteiger partial charge in [0.15, 0.2) is 6.61 Å². The third-order valence-corrected chi connectivity index (χ3v) is 4.34. The lowest BCUT2D eigenvalue weighted by Gasteiger charge is -2.07. The Kier molecular flexibility index (Phi) is 7.12. The smallest absolute Gasteiger partial charge is 0.379 e. The van der Waals surface area contributed by atoms with E-state index in [-0.39, 0.29) is 29.6 Å². The van der Waals surface area contributed by atoms with E-state index in [0.29, 0.717) is 10.0 Å². The van der Waals surface area contributed by atoms with Crippen molar-refractivity contribution in [3.63, 3.8) is 0 Å². The highest BCUT2D eigenvalue weighted by Crippen LogP contribution is 2.29. The second kappa shape index (κ2) is 10.2. The number of carbonyl (C=O) groups excluding carboxylic acids is 2. The molecule has 158 valence electrons. The van der Waals surface area contributed by atoms with Gasteiger partial charge in [0.05, 0.1) is 21.9 Å². The molecule has 0 bridgehead atoms. The molecule has 0 atom stereocenters. The first-order valence-corrected chi connectivity index (χ1v) is 9.46. The summed E-state index contributed by atoms with van der Waals surface area (Å²) in [5.41, 5.74) is 2.62. The van der Waals surface area contributed by atoms with E-state index in [0.717, 1.165) is 0 Å². The van der Waals surface area contributed by atoms with Crippen LogP contribution >= 0.6 is 15.9 Å². The molecule has 31 heavy (non-hydrogen) atoms. The van der Waals surface area contributed by atoms with Crippen LogP contribution in [0.1, 0.15) is 16.1 Å². The number of hydrogen-bond acceptors (Lipinski definition) is 8. The van der Waals surface area contributed by atoms with Crippen LogP contribution < -0.4 is 14.9 Å². The molecular weight excluding hydrogens is 474 g/mol. The molecule has 1 aromatic heterocycles. The number of ether oxygens (including phenoxy) is 2. The van der Waals surface area contributed by atoms with E-state index in [2.05, 4.69) is 26.5 Å². The Morgan fingerprint density at radius 3 is 2.68 bits per heavy atom. The number of carbonyl (C=O) groups is 2. The molecule has 3 aromatic rings. The van der Waals surface area contributed by atoms with Gasteiger partial charge in [-0.25, -0.2) is 10.2 Å². The summed E-state index contributed by atoms with van der Waals surface area (Å²) in [7, 11) is 0. The number of halogens is 1. The molecule has 1 amide bonds. The first-order valence-electron chi connectivity index (χ1n) is 8.67. The monoisotopic (exact) mass is 487 g/mol. The SMILES string of the molecule is O=C(COc1ccc([N+](=O)[O-])cc1Br)NN=Cc1ccccc1OC(=O)c1ccco1. The Hall–Kier alpha value is -3.99. The fraction of sp³-hybridized carbons (Fsp3) is 0.0500. The van der Waals surface area contributed by atoms with Crippen molar-refractivity contribution in [2.24, 2.45) is 5.10 Å². The Morgan fingerprint density at radius 1 is 1.16 bits per heavy atom. The number of benzene rings is 2. The minimum Gasteiger partial charge on any atom is -0.483 e. The van der Waals surface area contributed by atoms with Crippen LogP contribution in [-0.2, 0) is 4.79 Å². The van der Waals surface area contributed by atoms with Crippen molar-refractivity contribution in [2.75, 3.05) is 6.61 Å². The van der Waals surface area contributed by atoms with Gasteiger partial charge in [0.1, 0.15) is 11.5 Å². The van der Waals surface area contributed by atoms with Crippen LogP contribution in [0.2, 0.25) is 0 Å². The van der Waals surface area contributed by atoms with Gasteiger partial charge >= 0.3 is 5.97 Å². The lowest BCUT2D eigenvalue weighted by molar-refractivity contribution is -0.384. The lowest BCUT2D eigenvalue weighted by Crippen LogP contribution is -2.24. The van der Waals surface area contributed by atoms with Gasteiger partial charge in [-0.2, -0.15) is 5.10 Å². The van der Waals surface area contributed by atoms with Crippen molar-refractivity contribution in [1.82, 2.24) is 5.43 Å². The summed E-state index contributed by atoms with van der Waals surface area (Å²) in [4.78, 5) is 34.2. The van der Waals surface area contributed by atoms with Crippen molar-refractivity contribution in [3.8, 4) is 11.5 Å². The zero-order valence-electron chi connectivity index (χ0n) is 15.7. The van der Waals surface area contributed by atoms with Gasteiger partial charge in [-0.3, -0.25) is 14.9 Å². The van der Waals surface area contributed by atoms with Crippen molar-refractivity contribution in [1.29, 1.82) is 0 Å². The molecule has 1 N–H and O–H groups in total. The minimum atomic E-state index is -0.669. The predicted octanol–water partition coefficient (Wildman–Crippen LogP) is 3.70. The van der Waals surface area contributed by atoms with E-state index < -0.39 is 16.8 Å². The molecule has 0 radical (unpaired) electrons. The highest BCUT2D eigenvalue weighted by molar-refractivity contribution is 9.10. The normalized spacial score (nSPS) is 10.6. The number of hydrogen-bond donors (Lipinski definition) is 1. The second-order valence-corrected chi connectivity index (χ2v) is 6.71. The Balaban J connectivity index is 1.55. The number of esters is 1. The van der Waals surface area contributed by atoms with Gasteiger partial charge in [-0.05, 0) is 46.3 Å². The fourth-order valence-electron chi connectivity index (χ4n) is 2.29. The molecule has 3 rings (SSSR count). The number of nitro benzene ring substituents is 1. The molecule has 0 aliphatic heterocycles. The van der Waals surface area contributed by atoms with E-state index in [1.807, 2.05) is 0 Å². The molecule has 0 aliphatic carbocycles. The maximum Gasteiger partial charge on any atom is 0.379 e. The van der Waals surface area contributed by atoms with E-state index in [4.69, 9.17) is 13.9 Å². The van der Waals surface area contributed by atoms with Crippen LogP contribution in [0.5, 0.6) is 11.5 Å². The molecule has 10 nitrogen and oxygen atoms in total. The van der Waals surface area contributed by atoms with Crippen molar-refractivity contribution in [3.05, 3.63) is 86.8 Å². The highest BCUT2D eigenvalue weighted by Gasteiger charge is 2.14. The van der Waals surface area contributed by atoms with Crippen molar-refractivity contribution < 1.29 is 28.4 Å². The Labute approximate surface area is 183 Å². The molecule has 0 fully saturated rings. The Morgan fingerprint density at radius 2 is 1.97 bits per heavy atom. The average molecular weight is 488 g/mol. The van der Waals surface area contributed by atoms with E-state index in [1.165, 1.54) is 36.7 Å². The summed E-state index contributed by atoms with van der Waals surface area (Å²) >= 11 is 3.15. The summed E-state index contributed by atoms with van der Waals surface area (Å²) in [6, 6.07) is 13.6. The number of para-hydroxylation sites is 1. The van der Waals surface area contributed by atoms with Crippen molar-refractivity contribution in [2.45, 2.75) is 0 Å². The maximum absolute atomic E-state index is 12.0. The van der Waals surface area contributed by atoms with Gasteiger partial charge in [-0.1, -0.05) is 12.1 Å². The number of non-ortho nitro benzene ring substituents is 1. The zero-order chi connectivity index (χ0) is 22.2. The minimum absolute atomic E-state index is 0.0506. The van der Waals surface area contributed by atoms with E-state index in [1.54, 1.807) is 30.3 Å². The number of amides is 1. The zero-order valence-corrected chi connectivity index (χ0v) is 17.3. The number of furan rings is 1. The van der Waals surface area contributed by atoms with Crippen LogP contribution in [-0.4, -0.2) is 29.6 Å². The summed E-state index contributed by atoms with van der Waals surface area (Å²) < 4.78 is 15.9. The molecule has 0 aliphatic rings. The van der Waals surface area contributed by atoms with Crippen LogP contribution in [0.3, 0.4) is 0 Å². The van der Waals surface area contributed by atoms with Gasteiger partial charge < -0.3 is 13.9 Å². The van der Waals surface area contributed by atoms with Crippen LogP contribution in [0.15, 0.2) is 74.9 Å². The topological polar surface area (TPSA) is 133 Å². The fourth-order valence-corrected chi connectivity index (χ4v) is 2.78. The maximum atomic E-state index is 12.0. The molecular formula is C20H14BrN3O7. The standard InChI is InChI=1S/C20H14BrN3O7/c21-15-10-14(24(27)28)7-8-17(15)30-12-19(25)23-22-11-13-4-1-2-5-16(13)31-20(26)18-6-3-9-29-18/h1-11H,12H2,(H,23,25). The first kappa shape index (κ1) is 21.7. The molecule has 1 heterocycles. The van der Waals surface area contributed by atoms with Crippen LogP contribution in [0.4, 0.5) is 5.69 Å². The molecule has 11 heteroatoms. The third-order valence-electron chi connectivity index (χ3n) is 3.72. The summed E-state index contributed by atoms with van der Waals surface area (Å²) in [6.07, 6.45) is 2.67. The first-order chi connectivity index (χ1) is 14.9. The number of nitro groups is 1. The summed E-state index contributed by atoms with van der Waals surface area (Å²) in [6.45, 7) is -0.372. The third kappa shape index (κ3) is 6.00. The van der Waals surface area contributed by atoms with Gasteiger partial charge in [0, 0.05) is 17.7 Å². The molecule has 0 saturated carbocycles. The second-order valence-electron chi connectivity index (χ2n) is 5.86. The lowest BCUT2D eigenvalue weighted by atomic mass is 10.2. The highest BCUT2D eigenvalue weighted by atomic mass is 79.9. The predicted molar refractivity (Wildman–Crippen MR) is 112 cm³/mol.